The Balaban J connectivity index is 0.00000533. The fourth-order valence-corrected chi connectivity index (χ4v) is 5.62. The van der Waals surface area contributed by atoms with Crippen molar-refractivity contribution in [3.8, 4) is 5.75 Å². The van der Waals surface area contributed by atoms with Crippen molar-refractivity contribution in [1.29, 1.82) is 0 Å². The van der Waals surface area contributed by atoms with Crippen molar-refractivity contribution in [3.05, 3.63) is 70.2 Å². The molecule has 0 radical (unpaired) electrons. The van der Waals surface area contributed by atoms with Gasteiger partial charge in [-0.15, -0.1) is 28.7 Å². The van der Waals surface area contributed by atoms with Gasteiger partial charge in [0.15, 0.2) is 0 Å². The van der Waals surface area contributed by atoms with Crippen LogP contribution in [0.3, 0.4) is 0 Å². The van der Waals surface area contributed by atoms with E-state index in [0.29, 0.717) is 11.6 Å². The molecule has 0 spiro atoms. The number of halogens is 2. The maximum absolute atomic E-state index is 12.8. The van der Waals surface area contributed by atoms with E-state index >= 15 is 0 Å². The van der Waals surface area contributed by atoms with E-state index in [0.717, 1.165) is 41.4 Å². The van der Waals surface area contributed by atoms with Crippen LogP contribution in [0.2, 0.25) is 5.02 Å². The fourth-order valence-electron chi connectivity index (χ4n) is 4.67. The van der Waals surface area contributed by atoms with Crippen LogP contribution in [0.5, 0.6) is 5.75 Å². The Hall–Kier alpha value is -1.63. The van der Waals surface area contributed by atoms with Crippen LogP contribution in [0.4, 0.5) is 5.69 Å². The molecule has 0 atom stereocenters. The standard InChI is InChI=1S/C32H45ClN2O2S.BrH/c1-2-3-4-5-6-7-8-9-10-11-12-15-21-37-29-19-18-27(30(33)24-29)23-32(36)34-31-17-14-13-16-28(31)25-35-20-22-38-26-35;/h13-14,16-20,22,24H,2-12,15,21,23,25-26H2,1H3,(H,34,36);1H. The first-order chi connectivity index (χ1) is 18.7. The topological polar surface area (TPSA) is 41.6 Å². The highest BCUT2D eigenvalue weighted by Crippen LogP contribution is 2.25. The molecule has 1 aliphatic heterocycles. The van der Waals surface area contributed by atoms with E-state index in [-0.39, 0.29) is 29.3 Å². The number of hydrogen-bond acceptors (Lipinski definition) is 4. The lowest BCUT2D eigenvalue weighted by atomic mass is 10.1. The van der Waals surface area contributed by atoms with E-state index in [1.54, 1.807) is 11.8 Å². The molecule has 0 saturated heterocycles. The Morgan fingerprint density at radius 3 is 2.23 bits per heavy atom. The molecule has 2 aromatic carbocycles. The van der Waals surface area contributed by atoms with Gasteiger partial charge in [-0.25, -0.2) is 0 Å². The lowest BCUT2D eigenvalue weighted by molar-refractivity contribution is -0.115. The van der Waals surface area contributed by atoms with Crippen LogP contribution in [0, 0.1) is 0 Å². The SMILES string of the molecule is Br.CCCCCCCCCCCCCCOc1ccc(CC(=O)Nc2ccccc2CN2C=CSC2)c(Cl)c1. The van der Waals surface area contributed by atoms with Crippen LogP contribution in [0.15, 0.2) is 54.1 Å². The number of carbonyl (C=O) groups excluding carboxylic acids is 1. The predicted octanol–water partition coefficient (Wildman–Crippen LogP) is 10.2. The first-order valence-electron chi connectivity index (χ1n) is 14.5. The molecular formula is C32H46BrClN2O2S. The number of thioether (sulfide) groups is 1. The molecule has 216 valence electrons. The van der Waals surface area contributed by atoms with E-state index in [9.17, 15) is 4.79 Å². The number of anilines is 1. The van der Waals surface area contributed by atoms with E-state index in [2.05, 4.69) is 34.8 Å². The Labute approximate surface area is 256 Å². The summed E-state index contributed by atoms with van der Waals surface area (Å²) in [5, 5.41) is 5.73. The second-order valence-electron chi connectivity index (χ2n) is 10.2. The predicted molar refractivity (Wildman–Crippen MR) is 174 cm³/mol. The molecule has 4 nitrogen and oxygen atoms in total. The summed E-state index contributed by atoms with van der Waals surface area (Å²) in [6, 6.07) is 13.6. The molecule has 0 aliphatic carbocycles. The average Bonchev–Trinajstić information content (AvgIpc) is 3.43. The highest BCUT2D eigenvalue weighted by Gasteiger charge is 2.13. The third-order valence-corrected chi connectivity index (χ3v) is 8.06. The zero-order valence-electron chi connectivity index (χ0n) is 23.5. The molecule has 0 unspecified atom stereocenters. The number of carbonyl (C=O) groups is 1. The van der Waals surface area contributed by atoms with Crippen LogP contribution in [0.25, 0.3) is 0 Å². The summed E-state index contributed by atoms with van der Waals surface area (Å²) in [6.07, 6.45) is 18.3. The third-order valence-electron chi connectivity index (χ3n) is 6.92. The van der Waals surface area contributed by atoms with Gasteiger partial charge in [0, 0.05) is 23.5 Å². The summed E-state index contributed by atoms with van der Waals surface area (Å²) in [6.45, 7) is 3.75. The smallest absolute Gasteiger partial charge is 0.228 e. The van der Waals surface area contributed by atoms with Gasteiger partial charge in [0.25, 0.3) is 0 Å². The lowest BCUT2D eigenvalue weighted by Crippen LogP contribution is -2.18. The Morgan fingerprint density at radius 2 is 1.59 bits per heavy atom. The summed E-state index contributed by atoms with van der Waals surface area (Å²) in [7, 11) is 0. The Kier molecular flexibility index (Phi) is 17.5. The van der Waals surface area contributed by atoms with Crippen LogP contribution < -0.4 is 10.1 Å². The second-order valence-corrected chi connectivity index (χ2v) is 11.5. The minimum Gasteiger partial charge on any atom is -0.494 e. The van der Waals surface area contributed by atoms with Crippen LogP contribution in [-0.2, 0) is 17.8 Å². The normalized spacial score (nSPS) is 12.4. The highest BCUT2D eigenvalue weighted by molar-refractivity contribution is 8.93. The van der Waals surface area contributed by atoms with Crippen molar-refractivity contribution < 1.29 is 9.53 Å². The molecule has 3 rings (SSSR count). The third kappa shape index (κ3) is 13.5. The fraction of sp³-hybridized carbons (Fsp3) is 0.531. The van der Waals surface area contributed by atoms with Crippen molar-refractivity contribution in [3.63, 3.8) is 0 Å². The van der Waals surface area contributed by atoms with Crippen molar-refractivity contribution in [2.45, 2.75) is 96.9 Å². The van der Waals surface area contributed by atoms with Gasteiger partial charge >= 0.3 is 0 Å². The summed E-state index contributed by atoms with van der Waals surface area (Å²) in [5.74, 6) is 1.63. The van der Waals surface area contributed by atoms with Crippen molar-refractivity contribution in [2.75, 3.05) is 17.8 Å². The van der Waals surface area contributed by atoms with E-state index in [4.69, 9.17) is 16.3 Å². The highest BCUT2D eigenvalue weighted by atomic mass is 79.9. The number of rotatable bonds is 19. The number of para-hydroxylation sites is 1. The van der Waals surface area contributed by atoms with Gasteiger partial charge < -0.3 is 15.0 Å². The molecule has 0 saturated carbocycles. The average molecular weight is 638 g/mol. The lowest BCUT2D eigenvalue weighted by Gasteiger charge is -2.18. The minimum atomic E-state index is -0.0733. The van der Waals surface area contributed by atoms with Crippen LogP contribution in [-0.4, -0.2) is 23.3 Å². The molecular weight excluding hydrogens is 592 g/mol. The first-order valence-corrected chi connectivity index (χ1v) is 15.9. The molecule has 7 heteroatoms. The quantitative estimate of drug-likeness (QED) is 0.156. The summed E-state index contributed by atoms with van der Waals surface area (Å²) >= 11 is 8.27. The number of hydrogen-bond donors (Lipinski definition) is 1. The molecule has 0 bridgehead atoms. The summed E-state index contributed by atoms with van der Waals surface area (Å²) < 4.78 is 5.92. The van der Waals surface area contributed by atoms with Gasteiger partial charge in [0.05, 0.1) is 18.9 Å². The van der Waals surface area contributed by atoms with Gasteiger partial charge in [-0.05, 0) is 41.2 Å². The van der Waals surface area contributed by atoms with E-state index < -0.39 is 0 Å². The summed E-state index contributed by atoms with van der Waals surface area (Å²) in [5.41, 5.74) is 2.75. The molecule has 0 aromatic heterocycles. The molecule has 2 aromatic rings. The molecule has 39 heavy (non-hydrogen) atoms. The van der Waals surface area contributed by atoms with E-state index in [1.807, 2.05) is 36.4 Å². The zero-order valence-corrected chi connectivity index (χ0v) is 26.8. The van der Waals surface area contributed by atoms with Gasteiger partial charge in [-0.2, -0.15) is 0 Å². The Morgan fingerprint density at radius 1 is 0.923 bits per heavy atom. The molecule has 0 fully saturated rings. The molecule has 1 amide bonds. The molecule has 1 heterocycles. The second kappa shape index (κ2) is 20.3. The zero-order chi connectivity index (χ0) is 26.8. The van der Waals surface area contributed by atoms with E-state index in [1.165, 1.54) is 70.6 Å². The number of nitrogens with zero attached hydrogens (tertiary/aromatic N) is 1. The van der Waals surface area contributed by atoms with Crippen molar-refractivity contribution in [1.82, 2.24) is 4.90 Å². The van der Waals surface area contributed by atoms with Gasteiger partial charge in [-0.3, -0.25) is 4.79 Å². The number of nitrogens with one attached hydrogen (secondary N) is 1. The monoisotopic (exact) mass is 636 g/mol. The maximum atomic E-state index is 12.8. The number of unbranched alkanes of at least 4 members (excludes halogenated alkanes) is 11. The molecule has 1 aliphatic rings. The van der Waals surface area contributed by atoms with Crippen LogP contribution >= 0.6 is 40.3 Å². The first kappa shape index (κ1) is 33.6. The van der Waals surface area contributed by atoms with Gasteiger partial charge in [0.2, 0.25) is 5.91 Å². The van der Waals surface area contributed by atoms with Crippen molar-refractivity contribution in [2.24, 2.45) is 0 Å². The molecule has 1 N–H and O–H groups in total. The Bertz CT molecular complexity index is 1000. The summed E-state index contributed by atoms with van der Waals surface area (Å²) in [4.78, 5) is 15.0. The van der Waals surface area contributed by atoms with Crippen molar-refractivity contribution >= 4 is 51.9 Å². The number of amides is 1. The number of ether oxygens (including phenoxy) is 1. The van der Waals surface area contributed by atoms with Gasteiger partial charge in [0.1, 0.15) is 5.75 Å². The van der Waals surface area contributed by atoms with Gasteiger partial charge in [-0.1, -0.05) is 113 Å². The number of benzene rings is 2. The van der Waals surface area contributed by atoms with Crippen LogP contribution in [0.1, 0.15) is 95.1 Å². The largest absolute Gasteiger partial charge is 0.494 e. The maximum Gasteiger partial charge on any atom is 0.228 e. The minimum absolute atomic E-state index is 0.